The van der Waals surface area contributed by atoms with Crippen molar-refractivity contribution < 1.29 is 17.6 Å². The Morgan fingerprint density at radius 2 is 2.19 bits per heavy atom. The number of H-pyrrole nitrogens is 1. The molecule has 1 aliphatic heterocycles. The highest BCUT2D eigenvalue weighted by Gasteiger charge is 2.48. The molecule has 2 atom stereocenters. The maximum absolute atomic E-state index is 14.5. The Morgan fingerprint density at radius 3 is 2.90 bits per heavy atom. The molecule has 2 aromatic rings. The van der Waals surface area contributed by atoms with Crippen LogP contribution in [-0.2, 0) is 0 Å². The van der Waals surface area contributed by atoms with E-state index in [1.165, 1.54) is 30.5 Å². The molecule has 0 aromatic carbocycles. The maximum atomic E-state index is 14.5. The first-order chi connectivity index (χ1) is 14.7. The van der Waals surface area contributed by atoms with E-state index in [4.69, 9.17) is 5.41 Å². The molecule has 1 fully saturated rings. The summed E-state index contributed by atoms with van der Waals surface area (Å²) in [5.74, 6) is -2.84. The van der Waals surface area contributed by atoms with Crippen molar-refractivity contribution in [2.24, 2.45) is 5.92 Å². The average Bonchev–Trinajstić information content (AvgIpc) is 3.21. The highest BCUT2D eigenvalue weighted by molar-refractivity contribution is 7.96. The van der Waals surface area contributed by atoms with Crippen LogP contribution in [0.25, 0.3) is 17.5 Å². The van der Waals surface area contributed by atoms with Crippen molar-refractivity contribution in [1.82, 2.24) is 24.7 Å². The molecule has 12 heteroatoms. The van der Waals surface area contributed by atoms with Gasteiger partial charge >= 0.3 is 0 Å². The summed E-state index contributed by atoms with van der Waals surface area (Å²) in [6.07, 6.45) is 3.74. The van der Waals surface area contributed by atoms with Crippen LogP contribution < -0.4 is 9.62 Å². The van der Waals surface area contributed by atoms with E-state index < -0.39 is 30.0 Å². The molecule has 0 saturated carbocycles. The molecule has 0 radical (unpaired) electrons. The van der Waals surface area contributed by atoms with Crippen LogP contribution in [0.15, 0.2) is 24.7 Å². The summed E-state index contributed by atoms with van der Waals surface area (Å²) in [4.78, 5) is 17.3. The molecule has 0 aliphatic carbocycles. The molecule has 3 heterocycles. The second kappa shape index (κ2) is 9.77. The average molecular weight is 458 g/mol. The van der Waals surface area contributed by atoms with Gasteiger partial charge < -0.3 is 9.88 Å². The molecule has 3 rings (SSSR count). The number of rotatable bonds is 8. The van der Waals surface area contributed by atoms with Gasteiger partial charge in [-0.3, -0.25) is 10.1 Å². The number of allylic oxidation sites excluding steroid dienone is 1. The van der Waals surface area contributed by atoms with Crippen LogP contribution in [0.4, 0.5) is 23.4 Å². The van der Waals surface area contributed by atoms with Crippen LogP contribution in [0.3, 0.4) is 0 Å². The molecule has 2 aromatic heterocycles. The van der Waals surface area contributed by atoms with Gasteiger partial charge in [0.2, 0.25) is 0 Å². The Labute approximate surface area is 181 Å². The summed E-state index contributed by atoms with van der Waals surface area (Å²) >= 11 is 1.31. The number of piperidine rings is 1. The van der Waals surface area contributed by atoms with E-state index in [1.54, 1.807) is 19.2 Å². The maximum Gasteiger partial charge on any atom is 0.279 e. The van der Waals surface area contributed by atoms with Gasteiger partial charge in [-0.15, -0.1) is 0 Å². The Bertz CT molecular complexity index is 933. The van der Waals surface area contributed by atoms with Crippen LogP contribution >= 0.6 is 11.9 Å². The minimum absolute atomic E-state index is 0.160. The van der Waals surface area contributed by atoms with E-state index in [0.717, 1.165) is 6.08 Å². The van der Waals surface area contributed by atoms with Crippen molar-refractivity contribution >= 4 is 29.6 Å². The smallest absolute Gasteiger partial charge is 0.279 e. The third-order valence-corrected chi connectivity index (χ3v) is 5.68. The van der Waals surface area contributed by atoms with E-state index in [2.05, 4.69) is 24.7 Å². The van der Waals surface area contributed by atoms with E-state index in [0.29, 0.717) is 17.2 Å². The lowest BCUT2D eigenvalue weighted by molar-refractivity contribution is -0.0823. The number of nitrogens with zero attached hydrogens (tertiary/aromatic N) is 4. The number of halogens is 4. The van der Waals surface area contributed by atoms with Gasteiger partial charge in [0.05, 0.1) is 29.2 Å². The molecule has 1 aliphatic rings. The summed E-state index contributed by atoms with van der Waals surface area (Å²) < 4.78 is 56.7. The summed E-state index contributed by atoms with van der Waals surface area (Å²) in [5, 5.41) is 7.15. The zero-order chi connectivity index (χ0) is 22.6. The molecule has 0 spiro atoms. The fourth-order valence-electron chi connectivity index (χ4n) is 3.49. The Morgan fingerprint density at radius 1 is 1.42 bits per heavy atom. The number of anilines is 1. The van der Waals surface area contributed by atoms with Gasteiger partial charge in [-0.05, 0) is 25.3 Å². The van der Waals surface area contributed by atoms with Crippen LogP contribution in [0.2, 0.25) is 0 Å². The number of imidazole rings is 1. The first-order valence-corrected chi connectivity index (χ1v) is 10.8. The quantitative estimate of drug-likeness (QED) is 0.317. The van der Waals surface area contributed by atoms with E-state index in [9.17, 15) is 17.6 Å². The van der Waals surface area contributed by atoms with E-state index >= 15 is 0 Å². The number of aromatic amines is 1. The molecular formula is C19H23F4N7S. The normalized spacial score (nSPS) is 21.2. The lowest BCUT2D eigenvalue weighted by atomic mass is 9.86. The van der Waals surface area contributed by atoms with Crippen molar-refractivity contribution in [3.8, 4) is 11.4 Å². The summed E-state index contributed by atoms with van der Waals surface area (Å²) in [6.45, 7) is 2.10. The Kier molecular flexibility index (Phi) is 7.31. The second-order valence-electron chi connectivity index (χ2n) is 7.14. The summed E-state index contributed by atoms with van der Waals surface area (Å²) in [7, 11) is 0. The summed E-state index contributed by atoms with van der Waals surface area (Å²) in [6, 6.07) is 1.23. The van der Waals surface area contributed by atoms with Crippen molar-refractivity contribution in [2.75, 3.05) is 24.2 Å². The third-order valence-electron chi connectivity index (χ3n) is 5.22. The fourth-order valence-corrected chi connectivity index (χ4v) is 3.84. The number of alkyl halides is 4. The van der Waals surface area contributed by atoms with Crippen molar-refractivity contribution in [3.63, 3.8) is 0 Å². The molecule has 0 bridgehead atoms. The molecule has 168 valence electrons. The topological polar surface area (TPSA) is 93.6 Å². The van der Waals surface area contributed by atoms with Crippen molar-refractivity contribution in [2.45, 2.75) is 31.7 Å². The number of hydrogen-bond acceptors (Lipinski definition) is 7. The van der Waals surface area contributed by atoms with Gasteiger partial charge in [-0.25, -0.2) is 32.5 Å². The van der Waals surface area contributed by atoms with Gasteiger partial charge in [0.15, 0.2) is 0 Å². The zero-order valence-electron chi connectivity index (χ0n) is 16.9. The van der Waals surface area contributed by atoms with Gasteiger partial charge in [0.25, 0.3) is 12.3 Å². The van der Waals surface area contributed by atoms with Crippen LogP contribution in [0.1, 0.15) is 19.2 Å². The predicted octanol–water partition coefficient (Wildman–Crippen LogP) is 3.88. The molecule has 0 amide bonds. The third kappa shape index (κ3) is 5.42. The molecule has 1 saturated heterocycles. The first-order valence-electron chi connectivity index (χ1n) is 9.55. The SMILES string of the molecule is CSNCC1C(C)N(c2cc(-c3cnc(/C=C\C(=N)C(F)F)[nH]3)ncn2)CCC1(F)F. The first kappa shape index (κ1) is 23.2. The van der Waals surface area contributed by atoms with Crippen LogP contribution in [0.5, 0.6) is 0 Å². The predicted molar refractivity (Wildman–Crippen MR) is 114 cm³/mol. The molecular weight excluding hydrogens is 434 g/mol. The van der Waals surface area contributed by atoms with Gasteiger partial charge in [-0.1, -0.05) is 11.9 Å². The largest absolute Gasteiger partial charge is 0.353 e. The lowest BCUT2D eigenvalue weighted by Crippen LogP contribution is -2.56. The highest BCUT2D eigenvalue weighted by atomic mass is 32.2. The Balaban J connectivity index is 1.80. The molecule has 31 heavy (non-hydrogen) atoms. The second-order valence-corrected chi connectivity index (χ2v) is 7.83. The van der Waals surface area contributed by atoms with E-state index in [1.807, 2.05) is 4.90 Å². The van der Waals surface area contributed by atoms with Crippen LogP contribution in [0, 0.1) is 11.3 Å². The Hall–Kier alpha value is -2.47. The zero-order valence-corrected chi connectivity index (χ0v) is 17.8. The van der Waals surface area contributed by atoms with Gasteiger partial charge in [-0.2, -0.15) is 0 Å². The minimum Gasteiger partial charge on any atom is -0.353 e. The fraction of sp³-hybridized carbons (Fsp3) is 0.474. The minimum atomic E-state index is -2.86. The van der Waals surface area contributed by atoms with Crippen molar-refractivity contribution in [1.29, 1.82) is 5.41 Å². The van der Waals surface area contributed by atoms with Gasteiger partial charge in [0, 0.05) is 31.6 Å². The number of aromatic nitrogens is 4. The van der Waals surface area contributed by atoms with Crippen LogP contribution in [-0.4, -0.2) is 63.4 Å². The molecule has 7 nitrogen and oxygen atoms in total. The highest BCUT2D eigenvalue weighted by Crippen LogP contribution is 2.39. The summed E-state index contributed by atoms with van der Waals surface area (Å²) in [5.41, 5.74) is 0.190. The van der Waals surface area contributed by atoms with E-state index in [-0.39, 0.29) is 25.3 Å². The number of hydrogen-bond donors (Lipinski definition) is 3. The molecule has 2 unspecified atom stereocenters. The lowest BCUT2D eigenvalue weighted by Gasteiger charge is -2.44. The van der Waals surface area contributed by atoms with Gasteiger partial charge in [0.1, 0.15) is 18.0 Å². The van der Waals surface area contributed by atoms with Crippen molar-refractivity contribution in [3.05, 3.63) is 30.5 Å². The molecule has 3 N–H and O–H groups in total. The number of nitrogens with one attached hydrogen (secondary N) is 3. The monoisotopic (exact) mass is 457 g/mol. The standard InChI is InChI=1S/C19H23F4N7S/c1-11-12(8-28-31-2)19(22,23)5-6-30(11)17-7-14(26-10-27-17)15-9-25-16(29-15)4-3-13(24)18(20)21/h3-4,7,9-12,18,24,28H,5-6,8H2,1-2H3,(H,25,29)/b4-3-,24-13?.